The van der Waals surface area contributed by atoms with E-state index >= 15 is 0 Å². The van der Waals surface area contributed by atoms with Crippen LogP contribution in [0.25, 0.3) is 11.0 Å². The summed E-state index contributed by atoms with van der Waals surface area (Å²) in [6.07, 6.45) is 2.72. The first kappa shape index (κ1) is 21.5. The van der Waals surface area contributed by atoms with Gasteiger partial charge in [-0.1, -0.05) is 11.2 Å². The zero-order valence-corrected chi connectivity index (χ0v) is 17.4. The molecule has 7 nitrogen and oxygen atoms in total. The fourth-order valence-corrected chi connectivity index (χ4v) is 3.61. The van der Waals surface area contributed by atoms with Crippen molar-refractivity contribution in [2.45, 2.75) is 10.4 Å². The third-order valence-electron chi connectivity index (χ3n) is 4.35. The predicted molar refractivity (Wildman–Crippen MR) is 116 cm³/mol. The van der Waals surface area contributed by atoms with Crippen molar-refractivity contribution in [3.63, 3.8) is 0 Å². The first-order chi connectivity index (χ1) is 15.3. The van der Waals surface area contributed by atoms with Gasteiger partial charge in [-0.05, 0) is 48.2 Å². The van der Waals surface area contributed by atoms with E-state index in [1.54, 1.807) is 48.0 Å². The lowest BCUT2D eigenvalue weighted by atomic mass is 10.3. The smallest absolute Gasteiger partial charge is 0.446 e. The molecule has 32 heavy (non-hydrogen) atoms. The Morgan fingerprint density at radius 2 is 1.94 bits per heavy atom. The van der Waals surface area contributed by atoms with Gasteiger partial charge in [0.2, 0.25) is 5.95 Å². The van der Waals surface area contributed by atoms with E-state index in [1.807, 2.05) is 6.07 Å². The summed E-state index contributed by atoms with van der Waals surface area (Å²) in [5.74, 6) is 1.50. The number of nitrogens with one attached hydrogen (secondary N) is 1. The Hall–Kier alpha value is -3.73. The number of pyridine rings is 1. The van der Waals surface area contributed by atoms with Crippen LogP contribution in [-0.2, 0) is 7.05 Å². The normalized spacial score (nSPS) is 11.9. The largest absolute Gasteiger partial charge is 0.457 e. The maximum absolute atomic E-state index is 12.7. The van der Waals surface area contributed by atoms with E-state index in [9.17, 15) is 13.2 Å². The second kappa shape index (κ2) is 8.79. The first-order valence-corrected chi connectivity index (χ1v) is 10.0. The van der Waals surface area contributed by atoms with Gasteiger partial charge < -0.3 is 19.8 Å². The Morgan fingerprint density at radius 1 is 1.12 bits per heavy atom. The number of halogens is 3. The quantitative estimate of drug-likeness (QED) is 0.161. The summed E-state index contributed by atoms with van der Waals surface area (Å²) in [4.78, 5) is 8.64. The van der Waals surface area contributed by atoms with E-state index in [0.717, 1.165) is 5.52 Å². The van der Waals surface area contributed by atoms with Gasteiger partial charge in [0.25, 0.3) is 0 Å². The molecule has 0 saturated carbocycles. The van der Waals surface area contributed by atoms with Gasteiger partial charge in [0.1, 0.15) is 11.5 Å². The van der Waals surface area contributed by atoms with Crippen molar-refractivity contribution in [1.29, 1.82) is 0 Å². The summed E-state index contributed by atoms with van der Waals surface area (Å²) in [5.41, 5.74) is -1.98. The average molecular weight is 459 g/mol. The minimum absolute atomic E-state index is 0.0833. The number of aryl methyl sites for hydroxylation is 1. The number of rotatable bonds is 6. The van der Waals surface area contributed by atoms with Crippen molar-refractivity contribution >= 4 is 40.6 Å². The summed E-state index contributed by atoms with van der Waals surface area (Å²) < 4.78 is 45.6. The highest BCUT2D eigenvalue weighted by molar-refractivity contribution is 8.00. The number of alkyl halides is 3. The standard InChI is InChI=1S/C21H16F3N5O2S/c1-29-19-6-5-15(31-16-7-8-25-14(9-16)12-26-30)11-18(19)28-20(29)27-13-3-2-4-17(10-13)32-21(22,23)24/h2-12,30H,1H3,(H,27,28). The number of aromatic nitrogens is 3. The Labute approximate surface area is 184 Å². The molecule has 0 aliphatic heterocycles. The highest BCUT2D eigenvalue weighted by Crippen LogP contribution is 2.38. The van der Waals surface area contributed by atoms with Crippen LogP contribution in [0.4, 0.5) is 24.8 Å². The maximum atomic E-state index is 12.7. The summed E-state index contributed by atoms with van der Waals surface area (Å²) in [5, 5.41) is 14.6. The zero-order valence-electron chi connectivity index (χ0n) is 16.5. The highest BCUT2D eigenvalue weighted by Gasteiger charge is 2.29. The zero-order chi connectivity index (χ0) is 22.7. The van der Waals surface area contributed by atoms with Crippen LogP contribution in [0, 0.1) is 0 Å². The topological polar surface area (TPSA) is 84.6 Å². The van der Waals surface area contributed by atoms with Crippen LogP contribution in [0.15, 0.2) is 70.8 Å². The number of thioether (sulfide) groups is 1. The van der Waals surface area contributed by atoms with Gasteiger partial charge in [-0.25, -0.2) is 4.98 Å². The van der Waals surface area contributed by atoms with E-state index in [2.05, 4.69) is 20.4 Å². The molecule has 0 atom stereocenters. The van der Waals surface area contributed by atoms with Crippen LogP contribution in [-0.4, -0.2) is 31.5 Å². The van der Waals surface area contributed by atoms with Gasteiger partial charge in [0.15, 0.2) is 0 Å². The molecule has 0 aliphatic carbocycles. The first-order valence-electron chi connectivity index (χ1n) is 9.21. The molecule has 0 aliphatic rings. The molecule has 0 radical (unpaired) electrons. The molecule has 164 valence electrons. The number of nitrogens with zero attached hydrogens (tertiary/aromatic N) is 4. The number of fused-ring (bicyclic) bond motifs is 1. The van der Waals surface area contributed by atoms with Crippen LogP contribution in [0.2, 0.25) is 0 Å². The van der Waals surface area contributed by atoms with Crippen LogP contribution in [0.3, 0.4) is 0 Å². The molecule has 2 heterocycles. The van der Waals surface area contributed by atoms with Crippen molar-refractivity contribution in [2.75, 3.05) is 5.32 Å². The van der Waals surface area contributed by atoms with Gasteiger partial charge in [-0.3, -0.25) is 4.98 Å². The second-order valence-corrected chi connectivity index (χ2v) is 7.75. The van der Waals surface area contributed by atoms with Crippen molar-refractivity contribution in [3.05, 3.63) is 66.5 Å². The molecular weight excluding hydrogens is 443 g/mol. The minimum Gasteiger partial charge on any atom is -0.457 e. The molecule has 11 heteroatoms. The summed E-state index contributed by atoms with van der Waals surface area (Å²) in [6.45, 7) is 0. The molecule has 0 bridgehead atoms. The van der Waals surface area contributed by atoms with Gasteiger partial charge in [-0.2, -0.15) is 13.2 Å². The molecule has 2 N–H and O–H groups in total. The summed E-state index contributed by atoms with van der Waals surface area (Å²) >= 11 is -0.169. The molecule has 4 rings (SSSR count). The molecular formula is C21H16F3N5O2S. The number of hydrogen-bond acceptors (Lipinski definition) is 7. The number of ether oxygens (including phenoxy) is 1. The molecule has 0 amide bonds. The monoisotopic (exact) mass is 459 g/mol. The van der Waals surface area contributed by atoms with E-state index in [-0.39, 0.29) is 16.7 Å². The summed E-state index contributed by atoms with van der Waals surface area (Å²) in [7, 11) is 1.80. The van der Waals surface area contributed by atoms with Crippen molar-refractivity contribution in [1.82, 2.24) is 14.5 Å². The van der Waals surface area contributed by atoms with Gasteiger partial charge in [0, 0.05) is 36.0 Å². The molecule has 2 aromatic carbocycles. The molecule has 2 aromatic heterocycles. The minimum atomic E-state index is -4.35. The number of oxime groups is 1. The molecule has 0 spiro atoms. The Balaban J connectivity index is 1.57. The fourth-order valence-electron chi connectivity index (χ4n) is 3.01. The lowest BCUT2D eigenvalue weighted by Gasteiger charge is -2.09. The van der Waals surface area contributed by atoms with Crippen molar-refractivity contribution in [2.24, 2.45) is 12.2 Å². The van der Waals surface area contributed by atoms with Gasteiger partial charge in [-0.15, -0.1) is 0 Å². The van der Waals surface area contributed by atoms with Crippen molar-refractivity contribution < 1.29 is 23.1 Å². The lowest BCUT2D eigenvalue weighted by Crippen LogP contribution is -2.01. The van der Waals surface area contributed by atoms with E-state index in [1.165, 1.54) is 24.5 Å². The third kappa shape index (κ3) is 5.11. The Kier molecular flexibility index (Phi) is 5.91. The number of anilines is 2. The molecule has 4 aromatic rings. The lowest BCUT2D eigenvalue weighted by molar-refractivity contribution is -0.0328. The number of benzene rings is 2. The number of hydrogen-bond donors (Lipinski definition) is 2. The van der Waals surface area contributed by atoms with Gasteiger partial charge >= 0.3 is 5.51 Å². The third-order valence-corrected chi connectivity index (χ3v) is 5.08. The van der Waals surface area contributed by atoms with Crippen LogP contribution in [0.5, 0.6) is 11.5 Å². The fraction of sp³-hybridized carbons (Fsp3) is 0.0952. The number of imidazole rings is 1. The second-order valence-electron chi connectivity index (χ2n) is 6.61. The Bertz CT molecular complexity index is 1290. The van der Waals surface area contributed by atoms with Crippen molar-refractivity contribution in [3.8, 4) is 11.5 Å². The maximum Gasteiger partial charge on any atom is 0.446 e. The molecule has 0 saturated heterocycles. The van der Waals surface area contributed by atoms with E-state index in [4.69, 9.17) is 9.94 Å². The van der Waals surface area contributed by atoms with Crippen LogP contribution in [0.1, 0.15) is 5.69 Å². The average Bonchev–Trinajstić information content (AvgIpc) is 3.02. The highest BCUT2D eigenvalue weighted by atomic mass is 32.2. The SMILES string of the molecule is Cn1c(Nc2cccc(SC(F)(F)F)c2)nc2cc(Oc3ccnc(C=NO)c3)ccc21. The van der Waals surface area contributed by atoms with Crippen LogP contribution >= 0.6 is 11.8 Å². The predicted octanol–water partition coefficient (Wildman–Crippen LogP) is 5.92. The molecule has 0 fully saturated rings. The van der Waals surface area contributed by atoms with E-state index < -0.39 is 5.51 Å². The van der Waals surface area contributed by atoms with E-state index in [0.29, 0.717) is 34.3 Å². The summed E-state index contributed by atoms with van der Waals surface area (Å²) in [6, 6.07) is 14.7. The van der Waals surface area contributed by atoms with Gasteiger partial charge in [0.05, 0.1) is 22.9 Å². The Morgan fingerprint density at radius 3 is 2.72 bits per heavy atom. The molecule has 0 unspecified atom stereocenters. The van der Waals surface area contributed by atoms with Crippen LogP contribution < -0.4 is 10.1 Å².